The molecule has 9 heteroatoms. The van der Waals surface area contributed by atoms with E-state index in [1.807, 2.05) is 0 Å². The lowest BCUT2D eigenvalue weighted by atomic mass is 10.1. The van der Waals surface area contributed by atoms with Crippen molar-refractivity contribution in [1.82, 2.24) is 4.57 Å². The quantitative estimate of drug-likeness (QED) is 0.715. The molecule has 0 radical (unpaired) electrons. The molecule has 0 saturated heterocycles. The fourth-order valence-corrected chi connectivity index (χ4v) is 2.94. The van der Waals surface area contributed by atoms with Crippen LogP contribution in [0, 0.1) is 0 Å². The van der Waals surface area contributed by atoms with Gasteiger partial charge in [-0.1, -0.05) is 6.07 Å². The van der Waals surface area contributed by atoms with E-state index in [0.29, 0.717) is 11.5 Å². The first kappa shape index (κ1) is 20.2. The second kappa shape index (κ2) is 7.50. The smallest absolute Gasteiger partial charge is 0.416 e. The summed E-state index contributed by atoms with van der Waals surface area (Å²) in [6.07, 6.45) is -3.21. The maximum atomic E-state index is 12.9. The Kier molecular flexibility index (Phi) is 5.23. The van der Waals surface area contributed by atoms with Crippen LogP contribution in [0.1, 0.15) is 15.9 Å². The molecule has 0 bridgehead atoms. The number of benzene rings is 2. The number of nitrogens with one attached hydrogen (secondary N) is 1. The zero-order chi connectivity index (χ0) is 21.3. The third-order valence-electron chi connectivity index (χ3n) is 4.38. The van der Waals surface area contributed by atoms with Gasteiger partial charge in [0, 0.05) is 24.3 Å². The number of anilines is 1. The van der Waals surface area contributed by atoms with E-state index in [9.17, 15) is 22.8 Å². The average molecular weight is 406 g/mol. The Bertz CT molecular complexity index is 1150. The number of hydrogen-bond acceptors (Lipinski definition) is 4. The van der Waals surface area contributed by atoms with Crippen molar-refractivity contribution in [2.45, 2.75) is 6.18 Å². The third kappa shape index (κ3) is 3.89. The maximum Gasteiger partial charge on any atom is 0.416 e. The predicted molar refractivity (Wildman–Crippen MR) is 102 cm³/mol. The van der Waals surface area contributed by atoms with Crippen molar-refractivity contribution < 1.29 is 27.4 Å². The lowest BCUT2D eigenvalue weighted by Crippen LogP contribution is -2.22. The van der Waals surface area contributed by atoms with Gasteiger partial charge in [0.2, 0.25) is 0 Å². The molecule has 1 amide bonds. The maximum absolute atomic E-state index is 12.9. The summed E-state index contributed by atoms with van der Waals surface area (Å²) in [6.45, 7) is 0. The van der Waals surface area contributed by atoms with E-state index in [4.69, 9.17) is 9.47 Å². The minimum absolute atomic E-state index is 0.0210. The molecule has 0 saturated carbocycles. The van der Waals surface area contributed by atoms with Gasteiger partial charge in [0.15, 0.2) is 11.5 Å². The third-order valence-corrected chi connectivity index (χ3v) is 4.38. The zero-order valence-corrected chi connectivity index (χ0v) is 15.8. The number of pyridine rings is 1. The van der Waals surface area contributed by atoms with Gasteiger partial charge < -0.3 is 19.4 Å². The number of halogens is 3. The van der Waals surface area contributed by atoms with Crippen LogP contribution in [-0.2, 0) is 13.2 Å². The number of ether oxygens (including phenoxy) is 2. The van der Waals surface area contributed by atoms with Crippen LogP contribution in [0.4, 0.5) is 18.9 Å². The van der Waals surface area contributed by atoms with Crippen molar-refractivity contribution in [2.75, 3.05) is 19.5 Å². The Morgan fingerprint density at radius 2 is 1.66 bits per heavy atom. The van der Waals surface area contributed by atoms with Gasteiger partial charge in [-0.2, -0.15) is 13.2 Å². The summed E-state index contributed by atoms with van der Waals surface area (Å²) in [4.78, 5) is 25.3. The molecule has 0 aliphatic carbocycles. The Balaban J connectivity index is 2.11. The number of carbonyl (C=O) groups excluding carboxylic acids is 1. The summed E-state index contributed by atoms with van der Waals surface area (Å²) in [5, 5.41) is 2.95. The molecule has 6 nitrogen and oxygen atoms in total. The minimum atomic E-state index is -4.53. The average Bonchev–Trinajstić information content (AvgIpc) is 2.69. The number of aromatic nitrogens is 1. The number of aryl methyl sites for hydroxylation is 1. The molecule has 0 atom stereocenters. The van der Waals surface area contributed by atoms with Crippen LogP contribution in [0.15, 0.2) is 47.4 Å². The molecule has 0 aliphatic rings. The molecule has 0 unspecified atom stereocenters. The van der Waals surface area contributed by atoms with E-state index in [2.05, 4.69) is 5.32 Å². The van der Waals surface area contributed by atoms with Gasteiger partial charge >= 0.3 is 6.18 Å². The fourth-order valence-electron chi connectivity index (χ4n) is 2.94. The molecule has 3 rings (SSSR count). The summed E-state index contributed by atoms with van der Waals surface area (Å²) in [5.41, 5.74) is -1.17. The van der Waals surface area contributed by atoms with Crippen molar-refractivity contribution in [3.8, 4) is 11.5 Å². The molecule has 29 heavy (non-hydrogen) atoms. The molecule has 0 aliphatic heterocycles. The summed E-state index contributed by atoms with van der Waals surface area (Å²) in [5.74, 6) is -0.0500. The van der Waals surface area contributed by atoms with Gasteiger partial charge in [0.05, 0.1) is 30.7 Å². The fraction of sp³-hybridized carbons (Fsp3) is 0.200. The summed E-state index contributed by atoms with van der Waals surface area (Å²) in [7, 11) is 4.30. The second-order valence-electron chi connectivity index (χ2n) is 6.24. The van der Waals surface area contributed by atoms with Gasteiger partial charge in [-0.05, 0) is 30.3 Å². The van der Waals surface area contributed by atoms with Crippen LogP contribution < -0.4 is 20.3 Å². The largest absolute Gasteiger partial charge is 0.493 e. The van der Waals surface area contributed by atoms with Crippen LogP contribution in [0.2, 0.25) is 0 Å². The van der Waals surface area contributed by atoms with Gasteiger partial charge in [-0.3, -0.25) is 9.59 Å². The van der Waals surface area contributed by atoms with Gasteiger partial charge in [-0.25, -0.2) is 0 Å². The van der Waals surface area contributed by atoms with E-state index < -0.39 is 17.6 Å². The van der Waals surface area contributed by atoms with Crippen LogP contribution >= 0.6 is 0 Å². The molecule has 3 aromatic rings. The first-order chi connectivity index (χ1) is 13.7. The molecule has 0 spiro atoms. The standard InChI is InChI=1S/C20H17F3N2O4/c1-25-10-15(13-8-16(28-2)17(29-3)9-14(13)19(25)27)18(26)24-12-6-4-5-11(7-12)20(21,22)23/h4-10H,1-3H3,(H,24,26). The van der Waals surface area contributed by atoms with Crippen LogP contribution in [0.5, 0.6) is 11.5 Å². The number of methoxy groups -OCH3 is 2. The number of alkyl halides is 3. The predicted octanol–water partition coefficient (Wildman–Crippen LogP) is 3.83. The number of carbonyl (C=O) groups is 1. The highest BCUT2D eigenvalue weighted by molar-refractivity contribution is 6.13. The topological polar surface area (TPSA) is 69.6 Å². The minimum Gasteiger partial charge on any atom is -0.493 e. The zero-order valence-electron chi connectivity index (χ0n) is 15.8. The number of amides is 1. The lowest BCUT2D eigenvalue weighted by Gasteiger charge is -2.14. The Morgan fingerprint density at radius 3 is 2.24 bits per heavy atom. The van der Waals surface area contributed by atoms with Gasteiger partial charge in [0.1, 0.15) is 0 Å². The highest BCUT2D eigenvalue weighted by atomic mass is 19.4. The molecule has 152 valence electrons. The molecular formula is C20H17F3N2O4. The Morgan fingerprint density at radius 1 is 1.03 bits per heavy atom. The summed E-state index contributed by atoms with van der Waals surface area (Å²) >= 11 is 0. The molecule has 1 N–H and O–H groups in total. The van der Waals surface area contributed by atoms with E-state index in [-0.39, 0.29) is 27.6 Å². The second-order valence-corrected chi connectivity index (χ2v) is 6.24. The molecule has 0 fully saturated rings. The molecule has 2 aromatic carbocycles. The van der Waals surface area contributed by atoms with Crippen LogP contribution in [0.3, 0.4) is 0 Å². The van der Waals surface area contributed by atoms with Crippen LogP contribution in [-0.4, -0.2) is 24.7 Å². The number of fused-ring (bicyclic) bond motifs is 1. The van der Waals surface area contributed by atoms with Crippen molar-refractivity contribution in [2.24, 2.45) is 7.05 Å². The van der Waals surface area contributed by atoms with Crippen molar-refractivity contribution >= 4 is 22.4 Å². The van der Waals surface area contributed by atoms with Gasteiger partial charge in [0.25, 0.3) is 11.5 Å². The van der Waals surface area contributed by atoms with Crippen molar-refractivity contribution in [3.63, 3.8) is 0 Å². The normalized spacial score (nSPS) is 11.4. The lowest BCUT2D eigenvalue weighted by molar-refractivity contribution is -0.137. The van der Waals surface area contributed by atoms with E-state index in [1.165, 1.54) is 56.3 Å². The molecule has 1 aromatic heterocycles. The van der Waals surface area contributed by atoms with E-state index in [1.54, 1.807) is 0 Å². The van der Waals surface area contributed by atoms with Gasteiger partial charge in [-0.15, -0.1) is 0 Å². The van der Waals surface area contributed by atoms with E-state index in [0.717, 1.165) is 12.1 Å². The highest BCUT2D eigenvalue weighted by Crippen LogP contribution is 2.33. The van der Waals surface area contributed by atoms with Crippen molar-refractivity contribution in [1.29, 1.82) is 0 Å². The number of hydrogen-bond donors (Lipinski definition) is 1. The number of nitrogens with zero attached hydrogens (tertiary/aromatic N) is 1. The summed E-state index contributed by atoms with van der Waals surface area (Å²) < 4.78 is 50.4. The Hall–Kier alpha value is -3.49. The first-order valence-corrected chi connectivity index (χ1v) is 8.39. The highest BCUT2D eigenvalue weighted by Gasteiger charge is 2.30. The van der Waals surface area contributed by atoms with Crippen molar-refractivity contribution in [3.05, 3.63) is 64.1 Å². The summed E-state index contributed by atoms with van der Waals surface area (Å²) in [6, 6.07) is 7.24. The number of rotatable bonds is 4. The first-order valence-electron chi connectivity index (χ1n) is 8.39. The molecule has 1 heterocycles. The SMILES string of the molecule is COc1cc2c(C(=O)Nc3cccc(C(F)(F)F)c3)cn(C)c(=O)c2cc1OC. The van der Waals surface area contributed by atoms with E-state index >= 15 is 0 Å². The monoisotopic (exact) mass is 406 g/mol. The Labute approximate surface area is 163 Å². The van der Waals surface area contributed by atoms with Crippen LogP contribution in [0.25, 0.3) is 10.8 Å². The molecular weight excluding hydrogens is 389 g/mol.